The van der Waals surface area contributed by atoms with Gasteiger partial charge in [-0.3, -0.25) is 4.79 Å². The van der Waals surface area contributed by atoms with Gasteiger partial charge in [-0.05, 0) is 29.7 Å². The molecule has 7 heteroatoms. The first-order valence-corrected chi connectivity index (χ1v) is 6.21. The molecule has 0 saturated carbocycles. The number of rotatable bonds is 9. The van der Waals surface area contributed by atoms with Crippen molar-refractivity contribution in [3.63, 3.8) is 0 Å². The van der Waals surface area contributed by atoms with Crippen LogP contribution < -0.4 is 5.32 Å². The standard InChI is InChI=1S/C13H17N3O4/c1-20-13(17)3-2-4-14-12-6-10(8-15-18)5-11(7-12)9-16-19/h5-7,14H,2-4,8-9H2,1H3. The van der Waals surface area contributed by atoms with Gasteiger partial charge < -0.3 is 10.1 Å². The van der Waals surface area contributed by atoms with Gasteiger partial charge in [-0.15, -0.1) is 0 Å². The maximum absolute atomic E-state index is 11.0. The number of hydrogen-bond acceptors (Lipinski definition) is 7. The summed E-state index contributed by atoms with van der Waals surface area (Å²) in [6.45, 7) is 0.675. The molecule has 0 aliphatic carbocycles. The smallest absolute Gasteiger partial charge is 0.305 e. The van der Waals surface area contributed by atoms with Gasteiger partial charge in [0.05, 0.1) is 7.11 Å². The molecule has 20 heavy (non-hydrogen) atoms. The van der Waals surface area contributed by atoms with Crippen LogP contribution in [0.2, 0.25) is 0 Å². The largest absolute Gasteiger partial charge is 0.469 e. The number of methoxy groups -OCH3 is 1. The van der Waals surface area contributed by atoms with Crippen LogP contribution in [0.3, 0.4) is 0 Å². The summed E-state index contributed by atoms with van der Waals surface area (Å²) >= 11 is 0. The predicted octanol–water partition coefficient (Wildman–Crippen LogP) is 2.58. The van der Waals surface area contributed by atoms with Crippen LogP contribution in [-0.2, 0) is 22.6 Å². The number of nitroso groups, excluding NO2 is 2. The minimum Gasteiger partial charge on any atom is -0.469 e. The summed E-state index contributed by atoms with van der Waals surface area (Å²) in [4.78, 5) is 31.6. The van der Waals surface area contributed by atoms with E-state index in [0.717, 1.165) is 16.8 Å². The molecule has 0 saturated heterocycles. The van der Waals surface area contributed by atoms with Crippen molar-refractivity contribution in [2.75, 3.05) is 19.0 Å². The molecule has 1 rings (SSSR count). The molecule has 0 unspecified atom stereocenters. The number of nitrogens with one attached hydrogen (secondary N) is 1. The average Bonchev–Trinajstić information content (AvgIpc) is 2.44. The maximum Gasteiger partial charge on any atom is 0.305 e. The lowest BCUT2D eigenvalue weighted by atomic mass is 10.1. The summed E-state index contributed by atoms with van der Waals surface area (Å²) in [5.41, 5.74) is 2.21. The molecular formula is C13H17N3O4. The average molecular weight is 279 g/mol. The third kappa shape index (κ3) is 5.55. The number of hydrogen-bond donors (Lipinski definition) is 1. The van der Waals surface area contributed by atoms with E-state index in [-0.39, 0.29) is 19.1 Å². The zero-order chi connectivity index (χ0) is 14.8. The van der Waals surface area contributed by atoms with Crippen LogP contribution in [0, 0.1) is 9.81 Å². The summed E-state index contributed by atoms with van der Waals surface area (Å²) in [6.07, 6.45) is 0.964. The highest BCUT2D eigenvalue weighted by atomic mass is 16.5. The molecule has 0 fully saturated rings. The fraction of sp³-hybridized carbons (Fsp3) is 0.462. The van der Waals surface area contributed by atoms with E-state index < -0.39 is 0 Å². The zero-order valence-corrected chi connectivity index (χ0v) is 11.3. The van der Waals surface area contributed by atoms with Crippen LogP contribution in [0.1, 0.15) is 24.0 Å². The van der Waals surface area contributed by atoms with E-state index >= 15 is 0 Å². The van der Waals surface area contributed by atoms with E-state index in [1.54, 1.807) is 18.2 Å². The summed E-state index contributed by atoms with van der Waals surface area (Å²) < 4.78 is 4.54. The maximum atomic E-state index is 11.0. The fourth-order valence-electron chi connectivity index (χ4n) is 1.76. The molecule has 0 aliphatic heterocycles. The number of anilines is 1. The van der Waals surface area contributed by atoms with Gasteiger partial charge in [-0.2, -0.15) is 9.81 Å². The van der Waals surface area contributed by atoms with Gasteiger partial charge in [-0.1, -0.05) is 16.4 Å². The monoisotopic (exact) mass is 279 g/mol. The van der Waals surface area contributed by atoms with Gasteiger partial charge in [0.25, 0.3) is 0 Å². The Bertz CT molecular complexity index is 448. The molecule has 108 valence electrons. The lowest BCUT2D eigenvalue weighted by Gasteiger charge is -2.09. The molecule has 1 aromatic rings. The van der Waals surface area contributed by atoms with Crippen LogP contribution in [0.5, 0.6) is 0 Å². The molecule has 0 bridgehead atoms. The summed E-state index contributed by atoms with van der Waals surface area (Å²) in [6, 6.07) is 5.30. The van der Waals surface area contributed by atoms with Gasteiger partial charge >= 0.3 is 5.97 Å². The lowest BCUT2D eigenvalue weighted by Crippen LogP contribution is -2.07. The highest BCUT2D eigenvalue weighted by Crippen LogP contribution is 2.17. The third-order valence-electron chi connectivity index (χ3n) is 2.66. The number of benzene rings is 1. The van der Waals surface area contributed by atoms with Crippen LogP contribution in [0.4, 0.5) is 5.69 Å². The van der Waals surface area contributed by atoms with Crippen molar-refractivity contribution in [2.24, 2.45) is 10.4 Å². The number of carbonyl (C=O) groups excluding carboxylic acids is 1. The molecule has 0 spiro atoms. The Balaban J connectivity index is 2.60. The SMILES string of the molecule is COC(=O)CCCNc1cc(CN=O)cc(CN=O)c1. The minimum absolute atomic E-state index is 0.0452. The first-order chi connectivity index (χ1) is 9.69. The van der Waals surface area contributed by atoms with Crippen molar-refractivity contribution >= 4 is 11.7 Å². The van der Waals surface area contributed by atoms with Gasteiger partial charge in [0.15, 0.2) is 0 Å². The highest BCUT2D eigenvalue weighted by Gasteiger charge is 2.03. The molecule has 0 atom stereocenters. The Morgan fingerprint density at radius 2 is 1.75 bits per heavy atom. The quantitative estimate of drug-likeness (QED) is 0.425. The number of carbonyl (C=O) groups is 1. The van der Waals surface area contributed by atoms with Gasteiger partial charge in [0, 0.05) is 18.7 Å². The first kappa shape index (κ1) is 15.7. The molecule has 7 nitrogen and oxygen atoms in total. The summed E-state index contributed by atoms with van der Waals surface area (Å²) in [5.74, 6) is -0.253. The molecule has 0 radical (unpaired) electrons. The molecule has 0 heterocycles. The topological polar surface area (TPSA) is 97.2 Å². The molecular weight excluding hydrogens is 262 g/mol. The van der Waals surface area contributed by atoms with Crippen molar-refractivity contribution < 1.29 is 9.53 Å². The van der Waals surface area contributed by atoms with Gasteiger partial charge in [0.2, 0.25) is 0 Å². The number of nitrogens with zero attached hydrogens (tertiary/aromatic N) is 2. The molecule has 1 N–H and O–H groups in total. The highest BCUT2D eigenvalue weighted by molar-refractivity contribution is 5.69. The molecule has 1 aromatic carbocycles. The van der Waals surface area contributed by atoms with Crippen LogP contribution >= 0.6 is 0 Å². The summed E-state index contributed by atoms with van der Waals surface area (Å²) in [5, 5.41) is 8.79. The Morgan fingerprint density at radius 1 is 1.15 bits per heavy atom. The first-order valence-electron chi connectivity index (χ1n) is 6.21. The van der Waals surface area contributed by atoms with E-state index in [2.05, 4.69) is 20.4 Å². The Hall–Kier alpha value is -2.31. The Kier molecular flexibility index (Phi) is 6.88. The van der Waals surface area contributed by atoms with Crippen LogP contribution in [0.15, 0.2) is 28.6 Å². The predicted molar refractivity (Wildman–Crippen MR) is 75.2 cm³/mol. The van der Waals surface area contributed by atoms with Gasteiger partial charge in [-0.25, -0.2) is 0 Å². The van der Waals surface area contributed by atoms with Gasteiger partial charge in [0.1, 0.15) is 13.1 Å². The van der Waals surface area contributed by atoms with E-state index in [0.29, 0.717) is 19.4 Å². The minimum atomic E-state index is -0.253. The van der Waals surface area contributed by atoms with Crippen molar-refractivity contribution in [1.82, 2.24) is 0 Å². The normalized spacial score (nSPS) is 9.85. The second kappa shape index (κ2) is 8.73. The summed E-state index contributed by atoms with van der Waals surface area (Å²) in [7, 11) is 1.35. The van der Waals surface area contributed by atoms with Crippen LogP contribution in [-0.4, -0.2) is 19.6 Å². The molecule has 0 aromatic heterocycles. The fourth-order valence-corrected chi connectivity index (χ4v) is 1.76. The zero-order valence-electron chi connectivity index (χ0n) is 11.3. The second-order valence-electron chi connectivity index (χ2n) is 4.22. The van der Waals surface area contributed by atoms with E-state index in [1.165, 1.54) is 7.11 Å². The second-order valence-corrected chi connectivity index (χ2v) is 4.22. The Morgan fingerprint density at radius 3 is 2.25 bits per heavy atom. The molecule has 0 aliphatic rings. The van der Waals surface area contributed by atoms with Crippen LogP contribution in [0.25, 0.3) is 0 Å². The van der Waals surface area contributed by atoms with Crippen molar-refractivity contribution in [2.45, 2.75) is 25.9 Å². The Labute approximate surface area is 116 Å². The molecule has 0 amide bonds. The van der Waals surface area contributed by atoms with Crippen molar-refractivity contribution in [3.8, 4) is 0 Å². The van der Waals surface area contributed by atoms with E-state index in [1.807, 2.05) is 0 Å². The number of ether oxygens (including phenoxy) is 1. The number of esters is 1. The van der Waals surface area contributed by atoms with E-state index in [4.69, 9.17) is 0 Å². The van der Waals surface area contributed by atoms with E-state index in [9.17, 15) is 14.6 Å². The third-order valence-corrected chi connectivity index (χ3v) is 2.66. The van der Waals surface area contributed by atoms with Crippen molar-refractivity contribution in [3.05, 3.63) is 39.1 Å². The lowest BCUT2D eigenvalue weighted by molar-refractivity contribution is -0.140. The van der Waals surface area contributed by atoms with Crippen molar-refractivity contribution in [1.29, 1.82) is 0 Å².